The summed E-state index contributed by atoms with van der Waals surface area (Å²) in [5.74, 6) is 0.604. The Morgan fingerprint density at radius 1 is 1.26 bits per heavy atom. The molecule has 0 amide bonds. The van der Waals surface area contributed by atoms with Crippen LogP contribution in [0.3, 0.4) is 0 Å². The van der Waals surface area contributed by atoms with Crippen LogP contribution in [0, 0.1) is 17.2 Å². The molecule has 27 heavy (non-hydrogen) atoms. The monoisotopic (exact) mass is 382 g/mol. The van der Waals surface area contributed by atoms with Crippen molar-refractivity contribution in [2.24, 2.45) is 5.92 Å². The maximum atomic E-state index is 12.9. The average Bonchev–Trinajstić information content (AvgIpc) is 3.36. The fourth-order valence-electron chi connectivity index (χ4n) is 4.17. The molecular formula is C21H23ClN4O. The molecule has 1 heterocycles. The molecule has 1 aromatic heterocycles. The van der Waals surface area contributed by atoms with Crippen molar-refractivity contribution in [2.75, 3.05) is 0 Å². The number of carbonyl (C=O) groups excluding carboxylic acids is 1. The lowest BCUT2D eigenvalue weighted by Crippen LogP contribution is -2.20. The Kier molecular flexibility index (Phi) is 5.01. The fraction of sp³-hybridized carbons (Fsp3) is 0.524. The van der Waals surface area contributed by atoms with Gasteiger partial charge in [0.1, 0.15) is 0 Å². The summed E-state index contributed by atoms with van der Waals surface area (Å²) in [4.78, 5) is 12.9. The number of hydrogen-bond acceptors (Lipinski definition) is 4. The smallest absolute Gasteiger partial charge is 0.163 e. The van der Waals surface area contributed by atoms with Crippen LogP contribution in [0.1, 0.15) is 73.3 Å². The van der Waals surface area contributed by atoms with Crippen LogP contribution in [0.25, 0.3) is 0 Å². The summed E-state index contributed by atoms with van der Waals surface area (Å²) in [6, 6.07) is 9.43. The molecule has 1 aromatic carbocycles. The standard InChI is InChI=1S/C21H23ClN4O/c22-17-8-6-16(7-9-17)20(27)12-18(15-4-2-1-3-5-15)19-13-26(25-24-19)21(14-23)10-11-21/h6-9,13,15,18H,1-5,10-12H2/t18-/m0/s1. The largest absolute Gasteiger partial charge is 0.294 e. The number of halogens is 1. The number of nitrogens with zero attached hydrogens (tertiary/aromatic N) is 4. The van der Waals surface area contributed by atoms with E-state index in [2.05, 4.69) is 16.4 Å². The highest BCUT2D eigenvalue weighted by Crippen LogP contribution is 2.43. The molecule has 2 aromatic rings. The van der Waals surface area contributed by atoms with Crippen LogP contribution in [-0.2, 0) is 5.54 Å². The number of carbonyl (C=O) groups is 1. The minimum absolute atomic E-state index is 0.0525. The van der Waals surface area contributed by atoms with E-state index < -0.39 is 5.54 Å². The van der Waals surface area contributed by atoms with Crippen LogP contribution >= 0.6 is 11.6 Å². The highest BCUT2D eigenvalue weighted by Gasteiger charge is 2.47. The molecule has 1 atom stereocenters. The molecule has 0 spiro atoms. The predicted molar refractivity (Wildman–Crippen MR) is 103 cm³/mol. The molecule has 0 unspecified atom stereocenters. The quantitative estimate of drug-likeness (QED) is 0.667. The van der Waals surface area contributed by atoms with Crippen molar-refractivity contribution in [1.82, 2.24) is 15.0 Å². The Morgan fingerprint density at radius 2 is 1.96 bits per heavy atom. The fourth-order valence-corrected chi connectivity index (χ4v) is 4.29. The van der Waals surface area contributed by atoms with Crippen LogP contribution in [0.5, 0.6) is 0 Å². The van der Waals surface area contributed by atoms with E-state index in [-0.39, 0.29) is 11.7 Å². The zero-order chi connectivity index (χ0) is 18.9. The van der Waals surface area contributed by atoms with Crippen LogP contribution in [-0.4, -0.2) is 20.8 Å². The SMILES string of the molecule is N#CC1(n2cc([C@@H](CC(=O)c3ccc(Cl)cc3)C3CCCCC3)nn2)CC1. The zero-order valence-corrected chi connectivity index (χ0v) is 16.0. The molecule has 2 saturated carbocycles. The number of Topliss-reactive ketones (excluding diaryl/α,β-unsaturated/α-hetero) is 1. The van der Waals surface area contributed by atoms with Crippen molar-refractivity contribution < 1.29 is 4.79 Å². The predicted octanol–water partition coefficient (Wildman–Crippen LogP) is 4.88. The summed E-state index contributed by atoms with van der Waals surface area (Å²) in [7, 11) is 0. The Labute approximate surface area is 164 Å². The summed E-state index contributed by atoms with van der Waals surface area (Å²) in [6.45, 7) is 0. The highest BCUT2D eigenvalue weighted by atomic mass is 35.5. The lowest BCUT2D eigenvalue weighted by Gasteiger charge is -2.28. The van der Waals surface area contributed by atoms with E-state index in [1.54, 1.807) is 28.9 Å². The summed E-state index contributed by atoms with van der Waals surface area (Å²) in [5, 5.41) is 18.7. The molecule has 6 heteroatoms. The number of aromatic nitrogens is 3. The van der Waals surface area contributed by atoms with Crippen molar-refractivity contribution in [3.63, 3.8) is 0 Å². The number of ketones is 1. The van der Waals surface area contributed by atoms with Gasteiger partial charge in [-0.25, -0.2) is 4.68 Å². The first kappa shape index (κ1) is 18.2. The second-order valence-corrected chi connectivity index (χ2v) is 8.31. The molecule has 4 rings (SSSR count). The van der Waals surface area contributed by atoms with E-state index in [9.17, 15) is 10.1 Å². The highest BCUT2D eigenvalue weighted by molar-refractivity contribution is 6.30. The third kappa shape index (κ3) is 3.77. The van der Waals surface area contributed by atoms with Crippen LogP contribution in [0.15, 0.2) is 30.5 Å². The van der Waals surface area contributed by atoms with Crippen LogP contribution < -0.4 is 0 Å². The zero-order valence-electron chi connectivity index (χ0n) is 15.3. The molecule has 2 aliphatic carbocycles. The van der Waals surface area contributed by atoms with Gasteiger partial charge in [0.15, 0.2) is 11.3 Å². The third-order valence-corrected chi connectivity index (χ3v) is 6.30. The first-order chi connectivity index (χ1) is 13.1. The van der Waals surface area contributed by atoms with Crippen molar-refractivity contribution in [3.8, 4) is 6.07 Å². The van der Waals surface area contributed by atoms with Crippen molar-refractivity contribution in [1.29, 1.82) is 5.26 Å². The second-order valence-electron chi connectivity index (χ2n) is 7.87. The van der Waals surface area contributed by atoms with Gasteiger partial charge >= 0.3 is 0 Å². The molecule has 2 aliphatic rings. The molecule has 0 aliphatic heterocycles. The number of hydrogen-bond donors (Lipinski definition) is 0. The Hall–Kier alpha value is -2.19. The maximum Gasteiger partial charge on any atom is 0.163 e. The number of nitriles is 1. The van der Waals surface area contributed by atoms with Gasteiger partial charge in [-0.3, -0.25) is 4.79 Å². The van der Waals surface area contributed by atoms with E-state index in [0.717, 1.165) is 31.4 Å². The van der Waals surface area contributed by atoms with Gasteiger partial charge in [-0.2, -0.15) is 5.26 Å². The molecule has 140 valence electrons. The lowest BCUT2D eigenvalue weighted by atomic mass is 9.76. The third-order valence-electron chi connectivity index (χ3n) is 6.05. The Bertz CT molecular complexity index is 857. The summed E-state index contributed by atoms with van der Waals surface area (Å²) >= 11 is 5.95. The molecule has 0 bridgehead atoms. The number of benzene rings is 1. The van der Waals surface area contributed by atoms with Gasteiger partial charge in [0, 0.05) is 22.9 Å². The van der Waals surface area contributed by atoms with Gasteiger partial charge in [0.05, 0.1) is 18.0 Å². The van der Waals surface area contributed by atoms with E-state index in [4.69, 9.17) is 11.6 Å². The lowest BCUT2D eigenvalue weighted by molar-refractivity contribution is 0.0957. The van der Waals surface area contributed by atoms with Crippen molar-refractivity contribution in [2.45, 2.75) is 62.8 Å². The minimum Gasteiger partial charge on any atom is -0.294 e. The Balaban J connectivity index is 1.58. The van der Waals surface area contributed by atoms with Gasteiger partial charge in [0.25, 0.3) is 0 Å². The van der Waals surface area contributed by atoms with E-state index >= 15 is 0 Å². The average molecular weight is 383 g/mol. The normalized spacial score (nSPS) is 20.0. The van der Waals surface area contributed by atoms with E-state index in [1.807, 2.05) is 6.20 Å². The van der Waals surface area contributed by atoms with Gasteiger partial charge in [-0.05, 0) is 55.9 Å². The summed E-state index contributed by atoms with van der Waals surface area (Å²) in [5.41, 5.74) is 1.02. The number of rotatable bonds is 6. The summed E-state index contributed by atoms with van der Waals surface area (Å²) in [6.07, 6.45) is 9.88. The molecule has 0 radical (unpaired) electrons. The molecule has 2 fully saturated rings. The van der Waals surface area contributed by atoms with Crippen molar-refractivity contribution in [3.05, 3.63) is 46.7 Å². The Morgan fingerprint density at radius 3 is 2.59 bits per heavy atom. The first-order valence-electron chi connectivity index (χ1n) is 9.74. The molecular weight excluding hydrogens is 360 g/mol. The van der Waals surface area contributed by atoms with Gasteiger partial charge in [-0.1, -0.05) is 36.1 Å². The molecule has 0 saturated heterocycles. The maximum absolute atomic E-state index is 12.9. The molecule has 5 nitrogen and oxygen atoms in total. The first-order valence-corrected chi connectivity index (χ1v) is 10.1. The van der Waals surface area contributed by atoms with Crippen molar-refractivity contribution >= 4 is 17.4 Å². The van der Waals surface area contributed by atoms with E-state index in [0.29, 0.717) is 22.9 Å². The second kappa shape index (κ2) is 7.44. The van der Waals surface area contributed by atoms with Crippen LogP contribution in [0.2, 0.25) is 5.02 Å². The topological polar surface area (TPSA) is 71.6 Å². The van der Waals surface area contributed by atoms with Gasteiger partial charge in [0.2, 0.25) is 0 Å². The molecule has 0 N–H and O–H groups in total. The van der Waals surface area contributed by atoms with Gasteiger partial charge < -0.3 is 0 Å². The van der Waals surface area contributed by atoms with E-state index in [1.165, 1.54) is 19.3 Å². The van der Waals surface area contributed by atoms with Gasteiger partial charge in [-0.15, -0.1) is 5.10 Å². The van der Waals surface area contributed by atoms with Crippen LogP contribution in [0.4, 0.5) is 0 Å². The minimum atomic E-state index is -0.511. The summed E-state index contributed by atoms with van der Waals surface area (Å²) < 4.78 is 1.71.